The molecule has 2 rings (SSSR count). The van der Waals surface area contributed by atoms with E-state index in [-0.39, 0.29) is 18.3 Å². The summed E-state index contributed by atoms with van der Waals surface area (Å²) in [4.78, 5) is 14.0. The molecule has 0 spiro atoms. The summed E-state index contributed by atoms with van der Waals surface area (Å²) in [6.45, 7) is 3.31. The third-order valence-corrected chi connectivity index (χ3v) is 4.35. The fourth-order valence-corrected chi connectivity index (χ4v) is 3.23. The van der Waals surface area contributed by atoms with Crippen LogP contribution < -0.4 is 11.1 Å². The zero-order valence-corrected chi connectivity index (χ0v) is 13.3. The molecule has 3 N–H and O–H groups in total. The number of piperidine rings is 1. The fraction of sp³-hybridized carbons (Fsp3) is 0.643. The van der Waals surface area contributed by atoms with Crippen LogP contribution in [-0.4, -0.2) is 36.5 Å². The highest BCUT2D eigenvalue weighted by Gasteiger charge is 2.22. The molecule has 4 nitrogen and oxygen atoms in total. The van der Waals surface area contributed by atoms with E-state index in [1.165, 1.54) is 24.8 Å². The van der Waals surface area contributed by atoms with Crippen molar-refractivity contribution in [2.24, 2.45) is 5.73 Å². The van der Waals surface area contributed by atoms with Crippen LogP contribution in [-0.2, 0) is 11.3 Å². The Morgan fingerprint density at radius 3 is 3.05 bits per heavy atom. The topological polar surface area (TPSA) is 58.4 Å². The number of carbonyl (C=O) groups is 1. The van der Waals surface area contributed by atoms with Gasteiger partial charge in [0.05, 0.1) is 0 Å². The predicted octanol–water partition coefficient (Wildman–Crippen LogP) is 1.99. The molecular weight excluding hydrogens is 294 g/mol. The van der Waals surface area contributed by atoms with E-state index in [2.05, 4.69) is 27.0 Å². The third kappa shape index (κ3) is 5.40. The van der Waals surface area contributed by atoms with Crippen molar-refractivity contribution < 1.29 is 4.79 Å². The number of nitrogens with two attached hydrogens (primary N) is 1. The van der Waals surface area contributed by atoms with Gasteiger partial charge in [-0.15, -0.1) is 12.4 Å². The average Bonchev–Trinajstić information content (AvgIpc) is 2.91. The maximum Gasteiger partial charge on any atom is 0.221 e. The highest BCUT2D eigenvalue weighted by atomic mass is 35.5. The quantitative estimate of drug-likeness (QED) is 0.843. The van der Waals surface area contributed by atoms with Crippen molar-refractivity contribution in [3.8, 4) is 0 Å². The Morgan fingerprint density at radius 2 is 2.35 bits per heavy atom. The minimum atomic E-state index is 0. The number of halogens is 1. The zero-order valence-electron chi connectivity index (χ0n) is 11.7. The first-order valence-corrected chi connectivity index (χ1v) is 7.96. The average molecular weight is 318 g/mol. The van der Waals surface area contributed by atoms with Crippen LogP contribution in [0.1, 0.15) is 31.2 Å². The Bertz CT molecular complexity index is 386. The number of amides is 1. The van der Waals surface area contributed by atoms with Gasteiger partial charge in [0.1, 0.15) is 0 Å². The summed E-state index contributed by atoms with van der Waals surface area (Å²) >= 11 is 1.74. The second-order valence-electron chi connectivity index (χ2n) is 5.09. The predicted molar refractivity (Wildman–Crippen MR) is 86.3 cm³/mol. The molecule has 0 radical (unpaired) electrons. The third-order valence-electron chi connectivity index (χ3n) is 3.62. The van der Waals surface area contributed by atoms with Gasteiger partial charge in [-0.2, -0.15) is 11.3 Å². The second kappa shape index (κ2) is 9.34. The van der Waals surface area contributed by atoms with Gasteiger partial charge < -0.3 is 11.1 Å². The van der Waals surface area contributed by atoms with E-state index in [0.717, 1.165) is 19.6 Å². The highest BCUT2D eigenvalue weighted by Crippen LogP contribution is 2.20. The molecule has 6 heteroatoms. The van der Waals surface area contributed by atoms with Crippen molar-refractivity contribution in [2.45, 2.75) is 38.3 Å². The fourth-order valence-electron chi connectivity index (χ4n) is 2.57. The van der Waals surface area contributed by atoms with Crippen molar-refractivity contribution in [3.05, 3.63) is 22.4 Å². The van der Waals surface area contributed by atoms with Gasteiger partial charge in [-0.05, 0) is 41.8 Å². The minimum absolute atomic E-state index is 0. The van der Waals surface area contributed by atoms with Gasteiger partial charge in [-0.3, -0.25) is 9.69 Å². The van der Waals surface area contributed by atoms with Gasteiger partial charge >= 0.3 is 0 Å². The van der Waals surface area contributed by atoms with Gasteiger partial charge in [0.15, 0.2) is 0 Å². The highest BCUT2D eigenvalue weighted by molar-refractivity contribution is 7.07. The largest absolute Gasteiger partial charge is 0.354 e. The van der Waals surface area contributed by atoms with E-state index in [1.807, 2.05) is 0 Å². The molecule has 1 saturated heterocycles. The van der Waals surface area contributed by atoms with E-state index in [4.69, 9.17) is 5.73 Å². The van der Waals surface area contributed by atoms with Gasteiger partial charge in [0.25, 0.3) is 0 Å². The van der Waals surface area contributed by atoms with Crippen LogP contribution >= 0.6 is 23.7 Å². The van der Waals surface area contributed by atoms with E-state index >= 15 is 0 Å². The molecular formula is C14H24ClN3OS. The summed E-state index contributed by atoms with van der Waals surface area (Å²) < 4.78 is 0. The van der Waals surface area contributed by atoms with Gasteiger partial charge in [-0.1, -0.05) is 6.42 Å². The summed E-state index contributed by atoms with van der Waals surface area (Å²) in [5, 5.41) is 7.33. The van der Waals surface area contributed by atoms with Crippen molar-refractivity contribution in [3.63, 3.8) is 0 Å². The molecule has 1 unspecified atom stereocenters. The molecule has 0 aliphatic carbocycles. The molecule has 20 heavy (non-hydrogen) atoms. The summed E-state index contributed by atoms with van der Waals surface area (Å²) in [6.07, 6.45) is 4.12. The molecule has 2 heterocycles. The number of hydrogen-bond acceptors (Lipinski definition) is 4. The summed E-state index contributed by atoms with van der Waals surface area (Å²) in [5.41, 5.74) is 6.77. The van der Waals surface area contributed by atoms with Crippen LogP contribution in [0.5, 0.6) is 0 Å². The number of carbonyl (C=O) groups excluding carboxylic acids is 1. The summed E-state index contributed by atoms with van der Waals surface area (Å²) in [7, 11) is 0. The van der Waals surface area contributed by atoms with E-state index in [0.29, 0.717) is 19.0 Å². The second-order valence-corrected chi connectivity index (χ2v) is 5.87. The zero-order chi connectivity index (χ0) is 13.5. The lowest BCUT2D eigenvalue weighted by atomic mass is 10.0. The van der Waals surface area contributed by atoms with Crippen molar-refractivity contribution in [1.82, 2.24) is 10.2 Å². The summed E-state index contributed by atoms with van der Waals surface area (Å²) in [5.74, 6) is 0.0727. The monoisotopic (exact) mass is 317 g/mol. The Hall–Kier alpha value is -0.620. The number of nitrogens with one attached hydrogen (secondary N) is 1. The SMILES string of the molecule is Cl.NCCC(=O)NCC1CCCCN1Cc1ccsc1. The minimum Gasteiger partial charge on any atom is -0.354 e. The first kappa shape index (κ1) is 17.4. The smallest absolute Gasteiger partial charge is 0.221 e. The number of hydrogen-bond donors (Lipinski definition) is 2. The van der Waals surface area contributed by atoms with Gasteiger partial charge in [0.2, 0.25) is 5.91 Å². The van der Waals surface area contributed by atoms with E-state index in [9.17, 15) is 4.79 Å². The lowest BCUT2D eigenvalue weighted by Crippen LogP contribution is -2.46. The number of rotatable bonds is 6. The molecule has 1 aliphatic rings. The maximum atomic E-state index is 11.5. The first-order chi connectivity index (χ1) is 9.29. The van der Waals surface area contributed by atoms with Crippen molar-refractivity contribution in [1.29, 1.82) is 0 Å². The molecule has 1 fully saturated rings. The Balaban J connectivity index is 0.00000200. The molecule has 0 aromatic carbocycles. The maximum absolute atomic E-state index is 11.5. The molecule has 114 valence electrons. The Labute approximate surface area is 131 Å². The van der Waals surface area contributed by atoms with Crippen molar-refractivity contribution >= 4 is 29.7 Å². The van der Waals surface area contributed by atoms with Crippen LogP contribution in [0.15, 0.2) is 16.8 Å². The van der Waals surface area contributed by atoms with Crippen LogP contribution in [0, 0.1) is 0 Å². The Kier molecular flexibility index (Phi) is 8.14. The van der Waals surface area contributed by atoms with Crippen LogP contribution in [0.2, 0.25) is 0 Å². The van der Waals surface area contributed by atoms with Crippen LogP contribution in [0.3, 0.4) is 0 Å². The first-order valence-electron chi connectivity index (χ1n) is 7.01. The normalized spacial score (nSPS) is 19.4. The Morgan fingerprint density at radius 1 is 1.50 bits per heavy atom. The van der Waals surface area contributed by atoms with Gasteiger partial charge in [-0.25, -0.2) is 0 Å². The number of thiophene rings is 1. The lowest BCUT2D eigenvalue weighted by Gasteiger charge is -2.35. The molecule has 1 aromatic rings. The molecule has 1 amide bonds. The molecule has 0 saturated carbocycles. The summed E-state index contributed by atoms with van der Waals surface area (Å²) in [6, 6.07) is 2.65. The molecule has 1 atom stereocenters. The van der Waals surface area contributed by atoms with Crippen LogP contribution in [0.4, 0.5) is 0 Å². The van der Waals surface area contributed by atoms with E-state index < -0.39 is 0 Å². The molecule has 0 bridgehead atoms. The van der Waals surface area contributed by atoms with Gasteiger partial charge in [0, 0.05) is 32.1 Å². The molecule has 1 aliphatic heterocycles. The van der Waals surface area contributed by atoms with E-state index in [1.54, 1.807) is 11.3 Å². The number of nitrogens with zero attached hydrogens (tertiary/aromatic N) is 1. The lowest BCUT2D eigenvalue weighted by molar-refractivity contribution is -0.121. The number of likely N-dealkylation sites (tertiary alicyclic amines) is 1. The van der Waals surface area contributed by atoms with Crippen molar-refractivity contribution in [2.75, 3.05) is 19.6 Å². The molecule has 1 aromatic heterocycles. The standard InChI is InChI=1S/C14H23N3OS.ClH/c15-6-4-14(18)16-9-13-3-1-2-7-17(13)10-12-5-8-19-11-12;/h5,8,11,13H,1-4,6-7,9-10,15H2,(H,16,18);1H. The van der Waals surface area contributed by atoms with Crippen LogP contribution in [0.25, 0.3) is 0 Å².